The van der Waals surface area contributed by atoms with Gasteiger partial charge in [-0.2, -0.15) is 0 Å². The number of aryl methyl sites for hydroxylation is 1. The second-order valence-corrected chi connectivity index (χ2v) is 4.52. The molecule has 0 fully saturated rings. The molecule has 2 rings (SSSR count). The summed E-state index contributed by atoms with van der Waals surface area (Å²) in [5.74, 6) is 0.736. The number of carbonyl (C=O) groups excluding carboxylic acids is 1. The number of ether oxygens (including phenoxy) is 1. The van der Waals surface area contributed by atoms with Crippen LogP contribution in [0.25, 0.3) is 0 Å². The Morgan fingerprint density at radius 3 is 2.52 bits per heavy atom. The third-order valence-electron chi connectivity index (χ3n) is 2.87. The van der Waals surface area contributed by atoms with E-state index in [1.807, 2.05) is 31.2 Å². The van der Waals surface area contributed by atoms with E-state index in [1.165, 1.54) is 0 Å². The summed E-state index contributed by atoms with van der Waals surface area (Å²) in [6, 6.07) is 14.5. The van der Waals surface area contributed by atoms with E-state index in [-0.39, 0.29) is 6.03 Å². The Labute approximate surface area is 124 Å². The molecule has 0 saturated heterocycles. The number of hydrogen-bond acceptors (Lipinski definition) is 2. The smallest absolute Gasteiger partial charge is 0.323 e. The maximum Gasteiger partial charge on any atom is 0.323 e. The standard InChI is InChI=1S/C17H18N2O2/c1-3-12-21-15-10-8-14(9-11-15)18-17(20)19-16-7-5-4-6-13(16)2/h3-11H,1,12H2,2H3,(H2,18,19,20). The quantitative estimate of drug-likeness (QED) is 0.807. The highest BCUT2D eigenvalue weighted by molar-refractivity contribution is 6.00. The van der Waals surface area contributed by atoms with Gasteiger partial charge in [0.2, 0.25) is 0 Å². The molecule has 2 aromatic carbocycles. The van der Waals surface area contributed by atoms with Crippen LogP contribution in [0.15, 0.2) is 61.2 Å². The first-order chi connectivity index (χ1) is 10.2. The minimum absolute atomic E-state index is 0.274. The number of amides is 2. The number of anilines is 2. The van der Waals surface area contributed by atoms with Crippen molar-refractivity contribution in [2.45, 2.75) is 6.92 Å². The van der Waals surface area contributed by atoms with Gasteiger partial charge >= 0.3 is 6.03 Å². The summed E-state index contributed by atoms with van der Waals surface area (Å²) in [7, 11) is 0. The Bertz CT molecular complexity index is 621. The third kappa shape index (κ3) is 4.38. The average molecular weight is 282 g/mol. The molecular formula is C17H18N2O2. The van der Waals surface area contributed by atoms with Crippen molar-refractivity contribution >= 4 is 17.4 Å². The summed E-state index contributed by atoms with van der Waals surface area (Å²) >= 11 is 0. The van der Waals surface area contributed by atoms with Crippen LogP contribution in [-0.2, 0) is 0 Å². The number of rotatable bonds is 5. The Morgan fingerprint density at radius 1 is 1.14 bits per heavy atom. The van der Waals surface area contributed by atoms with Gasteiger partial charge in [0.25, 0.3) is 0 Å². The highest BCUT2D eigenvalue weighted by Gasteiger charge is 2.04. The van der Waals surface area contributed by atoms with Crippen LogP contribution >= 0.6 is 0 Å². The van der Waals surface area contributed by atoms with Crippen molar-refractivity contribution < 1.29 is 9.53 Å². The van der Waals surface area contributed by atoms with Gasteiger partial charge < -0.3 is 15.4 Å². The molecule has 0 aliphatic rings. The second kappa shape index (κ2) is 7.14. The lowest BCUT2D eigenvalue weighted by Gasteiger charge is -2.10. The number of hydrogen-bond donors (Lipinski definition) is 2. The Morgan fingerprint density at radius 2 is 1.86 bits per heavy atom. The molecule has 0 aliphatic heterocycles. The molecule has 0 atom stereocenters. The molecule has 0 saturated carbocycles. The highest BCUT2D eigenvalue weighted by atomic mass is 16.5. The summed E-state index contributed by atoms with van der Waals surface area (Å²) in [4.78, 5) is 11.9. The maximum absolute atomic E-state index is 11.9. The van der Waals surface area contributed by atoms with Crippen molar-refractivity contribution in [3.8, 4) is 5.75 Å². The number of carbonyl (C=O) groups is 1. The van der Waals surface area contributed by atoms with Crippen molar-refractivity contribution in [1.82, 2.24) is 0 Å². The average Bonchev–Trinajstić information content (AvgIpc) is 2.49. The molecule has 21 heavy (non-hydrogen) atoms. The minimum Gasteiger partial charge on any atom is -0.490 e. The molecule has 0 bridgehead atoms. The van der Waals surface area contributed by atoms with E-state index >= 15 is 0 Å². The summed E-state index contributed by atoms with van der Waals surface area (Å²) in [6.45, 7) is 5.99. The number of benzene rings is 2. The van der Waals surface area contributed by atoms with Crippen LogP contribution in [-0.4, -0.2) is 12.6 Å². The zero-order chi connectivity index (χ0) is 15.1. The van der Waals surface area contributed by atoms with E-state index in [2.05, 4.69) is 17.2 Å². The molecule has 2 N–H and O–H groups in total. The molecule has 108 valence electrons. The first-order valence-electron chi connectivity index (χ1n) is 6.66. The van der Waals surface area contributed by atoms with Crippen molar-refractivity contribution in [2.24, 2.45) is 0 Å². The predicted molar refractivity (Wildman–Crippen MR) is 86.0 cm³/mol. The SMILES string of the molecule is C=CCOc1ccc(NC(=O)Nc2ccccc2C)cc1. The first-order valence-corrected chi connectivity index (χ1v) is 6.66. The van der Waals surface area contributed by atoms with Gasteiger partial charge in [0.1, 0.15) is 12.4 Å². The molecule has 4 heteroatoms. The second-order valence-electron chi connectivity index (χ2n) is 4.52. The molecule has 2 amide bonds. The Kier molecular flexibility index (Phi) is 4.99. The lowest BCUT2D eigenvalue weighted by Crippen LogP contribution is -2.19. The number of nitrogens with one attached hydrogen (secondary N) is 2. The van der Waals surface area contributed by atoms with Gasteiger partial charge in [-0.3, -0.25) is 0 Å². The number of para-hydroxylation sites is 1. The third-order valence-corrected chi connectivity index (χ3v) is 2.87. The van der Waals surface area contributed by atoms with Gasteiger partial charge in [0.05, 0.1) is 0 Å². The van der Waals surface area contributed by atoms with Crippen LogP contribution in [0.5, 0.6) is 5.75 Å². The fourth-order valence-corrected chi connectivity index (χ4v) is 1.79. The molecule has 0 radical (unpaired) electrons. The molecule has 4 nitrogen and oxygen atoms in total. The van der Waals surface area contributed by atoms with Crippen molar-refractivity contribution in [2.75, 3.05) is 17.2 Å². The maximum atomic E-state index is 11.9. The van der Waals surface area contributed by atoms with Gasteiger partial charge in [-0.1, -0.05) is 30.9 Å². The van der Waals surface area contributed by atoms with E-state index < -0.39 is 0 Å². The summed E-state index contributed by atoms with van der Waals surface area (Å²) < 4.78 is 5.38. The zero-order valence-electron chi connectivity index (χ0n) is 11.9. The molecule has 0 aliphatic carbocycles. The molecular weight excluding hydrogens is 264 g/mol. The van der Waals surface area contributed by atoms with Crippen molar-refractivity contribution in [3.63, 3.8) is 0 Å². The summed E-state index contributed by atoms with van der Waals surface area (Å²) in [5, 5.41) is 5.59. The van der Waals surface area contributed by atoms with Crippen molar-refractivity contribution in [3.05, 3.63) is 66.7 Å². The largest absolute Gasteiger partial charge is 0.490 e. The highest BCUT2D eigenvalue weighted by Crippen LogP contribution is 2.17. The summed E-state index contributed by atoms with van der Waals surface area (Å²) in [6.07, 6.45) is 1.68. The zero-order valence-corrected chi connectivity index (χ0v) is 11.9. The predicted octanol–water partition coefficient (Wildman–Crippen LogP) is 4.20. The Hall–Kier alpha value is -2.75. The van der Waals surface area contributed by atoms with E-state index in [4.69, 9.17) is 4.74 Å². The van der Waals surface area contributed by atoms with Crippen LogP contribution in [0.4, 0.5) is 16.2 Å². The van der Waals surface area contributed by atoms with Gasteiger partial charge in [0, 0.05) is 11.4 Å². The molecule has 0 aromatic heterocycles. The monoisotopic (exact) mass is 282 g/mol. The topological polar surface area (TPSA) is 50.4 Å². The normalized spacial score (nSPS) is 9.76. The Balaban J connectivity index is 1.93. The van der Waals surface area contributed by atoms with Gasteiger partial charge in [0.15, 0.2) is 0 Å². The van der Waals surface area contributed by atoms with Crippen LogP contribution in [0.2, 0.25) is 0 Å². The lowest BCUT2D eigenvalue weighted by molar-refractivity contribution is 0.262. The van der Waals surface area contributed by atoms with E-state index in [1.54, 1.807) is 30.3 Å². The van der Waals surface area contributed by atoms with Crippen LogP contribution in [0.3, 0.4) is 0 Å². The van der Waals surface area contributed by atoms with E-state index in [0.29, 0.717) is 12.3 Å². The first kappa shape index (κ1) is 14.7. The van der Waals surface area contributed by atoms with Crippen LogP contribution in [0.1, 0.15) is 5.56 Å². The van der Waals surface area contributed by atoms with Gasteiger partial charge in [-0.25, -0.2) is 4.79 Å². The van der Waals surface area contributed by atoms with E-state index in [9.17, 15) is 4.79 Å². The fraction of sp³-hybridized carbons (Fsp3) is 0.118. The van der Waals surface area contributed by atoms with Crippen LogP contribution in [0, 0.1) is 6.92 Å². The minimum atomic E-state index is -0.274. The van der Waals surface area contributed by atoms with Crippen molar-refractivity contribution in [1.29, 1.82) is 0 Å². The summed E-state index contributed by atoms with van der Waals surface area (Å²) in [5.41, 5.74) is 2.51. The molecule has 2 aromatic rings. The number of urea groups is 1. The fourth-order valence-electron chi connectivity index (χ4n) is 1.79. The van der Waals surface area contributed by atoms with Crippen LogP contribution < -0.4 is 15.4 Å². The molecule has 0 heterocycles. The van der Waals surface area contributed by atoms with Gasteiger partial charge in [-0.15, -0.1) is 0 Å². The molecule has 0 spiro atoms. The van der Waals surface area contributed by atoms with Gasteiger partial charge in [-0.05, 0) is 42.8 Å². The molecule has 0 unspecified atom stereocenters. The lowest BCUT2D eigenvalue weighted by atomic mass is 10.2. The van der Waals surface area contributed by atoms with E-state index in [0.717, 1.165) is 17.0 Å².